The van der Waals surface area contributed by atoms with Crippen molar-refractivity contribution in [2.24, 2.45) is 0 Å². The first-order chi connectivity index (χ1) is 9.19. The molecule has 0 fully saturated rings. The Morgan fingerprint density at radius 3 is 3.00 bits per heavy atom. The minimum absolute atomic E-state index is 0.573. The summed E-state index contributed by atoms with van der Waals surface area (Å²) in [6.07, 6.45) is 1.73. The fourth-order valence-corrected chi connectivity index (χ4v) is 2.34. The third-order valence-corrected chi connectivity index (χ3v) is 3.42. The maximum Gasteiger partial charge on any atom is 0.179 e. The third-order valence-electron chi connectivity index (χ3n) is 3.09. The molecular weight excluding hydrogens is 260 g/mol. The molecule has 3 aromatic rings. The normalized spacial score (nSPS) is 11.3. The maximum atomic E-state index is 5.36. The van der Waals surface area contributed by atoms with Crippen LogP contribution in [0.2, 0.25) is 0 Å². The van der Waals surface area contributed by atoms with E-state index >= 15 is 0 Å². The van der Waals surface area contributed by atoms with Crippen LogP contribution in [0, 0.1) is 11.7 Å². The van der Waals surface area contributed by atoms with Crippen molar-refractivity contribution in [2.45, 2.75) is 26.9 Å². The highest BCUT2D eigenvalue weighted by Crippen LogP contribution is 2.14. The molecule has 3 rings (SSSR count). The van der Waals surface area contributed by atoms with Gasteiger partial charge in [-0.3, -0.25) is 4.57 Å². The number of hydrogen-bond acceptors (Lipinski definition) is 4. The average molecular weight is 274 g/mol. The number of aryl methyl sites for hydroxylation is 2. The summed E-state index contributed by atoms with van der Waals surface area (Å²) < 4.78 is 4.60. The number of nitrogens with one attached hydrogen (secondary N) is 1. The highest BCUT2D eigenvalue weighted by molar-refractivity contribution is 7.71. The van der Waals surface area contributed by atoms with Crippen molar-refractivity contribution in [3.8, 4) is 0 Å². The summed E-state index contributed by atoms with van der Waals surface area (Å²) in [5.41, 5.74) is 2.76. The minimum Gasteiger partial charge on any atom is -0.329 e. The smallest absolute Gasteiger partial charge is 0.179 e. The van der Waals surface area contributed by atoms with E-state index in [1.807, 2.05) is 28.2 Å². The van der Waals surface area contributed by atoms with E-state index < -0.39 is 0 Å². The van der Waals surface area contributed by atoms with Crippen LogP contribution in [0.25, 0.3) is 11.2 Å². The number of nitrogens with zero attached hydrogens (tertiary/aromatic N) is 5. The van der Waals surface area contributed by atoms with Gasteiger partial charge in [0.05, 0.1) is 12.1 Å². The second-order valence-electron chi connectivity index (χ2n) is 4.37. The second kappa shape index (κ2) is 4.58. The lowest BCUT2D eigenvalue weighted by Crippen LogP contribution is -2.08. The molecule has 0 amide bonds. The SMILES string of the molecule is CCn1cnnc1Cn1c(=S)[nH]c2ccc(C)nc21. The zero-order valence-electron chi connectivity index (χ0n) is 10.8. The van der Waals surface area contributed by atoms with Crippen LogP contribution >= 0.6 is 12.2 Å². The summed E-state index contributed by atoms with van der Waals surface area (Å²) in [6.45, 7) is 5.44. The number of aromatic nitrogens is 6. The Morgan fingerprint density at radius 2 is 2.21 bits per heavy atom. The molecule has 0 aliphatic heterocycles. The van der Waals surface area contributed by atoms with Crippen molar-refractivity contribution in [3.63, 3.8) is 0 Å². The van der Waals surface area contributed by atoms with E-state index in [0.717, 1.165) is 29.2 Å². The molecule has 0 atom stereocenters. The molecule has 19 heavy (non-hydrogen) atoms. The number of hydrogen-bond donors (Lipinski definition) is 1. The van der Waals surface area contributed by atoms with Gasteiger partial charge in [0.15, 0.2) is 16.2 Å². The number of rotatable bonds is 3. The number of pyridine rings is 1. The van der Waals surface area contributed by atoms with Gasteiger partial charge in [-0.1, -0.05) is 0 Å². The summed E-state index contributed by atoms with van der Waals surface area (Å²) in [4.78, 5) is 7.70. The Labute approximate surface area is 115 Å². The molecule has 0 unspecified atom stereocenters. The molecule has 0 aromatic carbocycles. The predicted molar refractivity (Wildman–Crippen MR) is 74.5 cm³/mol. The Kier molecular flexibility index (Phi) is 2.90. The fourth-order valence-electron chi connectivity index (χ4n) is 2.08. The van der Waals surface area contributed by atoms with Gasteiger partial charge in [-0.15, -0.1) is 10.2 Å². The molecule has 0 spiro atoms. The van der Waals surface area contributed by atoms with Gasteiger partial charge in [0.2, 0.25) is 0 Å². The van der Waals surface area contributed by atoms with Crippen LogP contribution in [0.4, 0.5) is 0 Å². The van der Waals surface area contributed by atoms with E-state index in [-0.39, 0.29) is 0 Å². The number of fused-ring (bicyclic) bond motifs is 1. The van der Waals surface area contributed by atoms with Crippen LogP contribution in [0.5, 0.6) is 0 Å². The first-order valence-corrected chi connectivity index (χ1v) is 6.52. The minimum atomic E-state index is 0.573. The molecule has 0 aliphatic rings. The lowest BCUT2D eigenvalue weighted by Gasteiger charge is -2.05. The molecule has 98 valence electrons. The van der Waals surface area contributed by atoms with Crippen LogP contribution < -0.4 is 0 Å². The zero-order chi connectivity index (χ0) is 13.4. The topological polar surface area (TPSA) is 64.3 Å². The van der Waals surface area contributed by atoms with Crippen LogP contribution in [-0.4, -0.2) is 29.3 Å². The predicted octanol–water partition coefficient (Wildman–Crippen LogP) is 2.06. The fraction of sp³-hybridized carbons (Fsp3) is 0.333. The van der Waals surface area contributed by atoms with Crippen LogP contribution in [0.3, 0.4) is 0 Å². The molecule has 6 nitrogen and oxygen atoms in total. The van der Waals surface area contributed by atoms with E-state index in [0.29, 0.717) is 11.3 Å². The summed E-state index contributed by atoms with van der Waals surface area (Å²) >= 11 is 5.36. The van der Waals surface area contributed by atoms with Gasteiger partial charge >= 0.3 is 0 Å². The molecule has 3 aromatic heterocycles. The molecule has 0 radical (unpaired) electrons. The molecule has 1 N–H and O–H groups in total. The van der Waals surface area contributed by atoms with Crippen LogP contribution in [0.1, 0.15) is 18.4 Å². The van der Waals surface area contributed by atoms with Crippen molar-refractivity contribution in [1.29, 1.82) is 0 Å². The van der Waals surface area contributed by atoms with E-state index in [1.54, 1.807) is 6.33 Å². The molecule has 0 aliphatic carbocycles. The first kappa shape index (κ1) is 12.0. The number of H-pyrrole nitrogens is 1. The van der Waals surface area contributed by atoms with Gasteiger partial charge in [-0.2, -0.15) is 0 Å². The first-order valence-electron chi connectivity index (χ1n) is 6.12. The molecule has 3 heterocycles. The van der Waals surface area contributed by atoms with E-state index in [9.17, 15) is 0 Å². The Morgan fingerprint density at radius 1 is 1.37 bits per heavy atom. The lowest BCUT2D eigenvalue weighted by atomic mass is 10.3. The largest absolute Gasteiger partial charge is 0.329 e. The quantitative estimate of drug-likeness (QED) is 0.743. The van der Waals surface area contributed by atoms with Crippen molar-refractivity contribution in [2.75, 3.05) is 0 Å². The van der Waals surface area contributed by atoms with Gasteiger partial charge < -0.3 is 9.55 Å². The standard InChI is InChI=1S/C12H14N6S/c1-3-17-7-13-16-10(17)6-18-11-9(15-12(18)19)5-4-8(2)14-11/h4-5,7H,3,6H2,1-2H3,(H,15,19). The summed E-state index contributed by atoms with van der Waals surface area (Å²) in [6, 6.07) is 3.96. The maximum absolute atomic E-state index is 5.36. The van der Waals surface area contributed by atoms with Gasteiger partial charge in [-0.25, -0.2) is 4.98 Å². The summed E-state index contributed by atoms with van der Waals surface area (Å²) in [5, 5.41) is 8.07. The molecule has 7 heteroatoms. The Hall–Kier alpha value is -2.02. The van der Waals surface area contributed by atoms with Gasteiger partial charge in [0.1, 0.15) is 6.33 Å². The van der Waals surface area contributed by atoms with Crippen molar-refractivity contribution >= 4 is 23.4 Å². The number of aromatic amines is 1. The van der Waals surface area contributed by atoms with Crippen molar-refractivity contribution in [3.05, 3.63) is 34.7 Å². The third kappa shape index (κ3) is 2.06. The average Bonchev–Trinajstić information content (AvgIpc) is 2.96. The highest BCUT2D eigenvalue weighted by Gasteiger charge is 2.10. The summed E-state index contributed by atoms with van der Waals surface area (Å²) in [7, 11) is 0. The summed E-state index contributed by atoms with van der Waals surface area (Å²) in [5.74, 6) is 0.878. The van der Waals surface area contributed by atoms with Crippen molar-refractivity contribution in [1.82, 2.24) is 29.3 Å². The molecule has 0 bridgehead atoms. The molecule has 0 saturated carbocycles. The molecular formula is C12H14N6S. The zero-order valence-corrected chi connectivity index (χ0v) is 11.6. The van der Waals surface area contributed by atoms with Gasteiger partial charge in [-0.05, 0) is 38.2 Å². The van der Waals surface area contributed by atoms with Crippen LogP contribution in [-0.2, 0) is 13.1 Å². The second-order valence-corrected chi connectivity index (χ2v) is 4.76. The van der Waals surface area contributed by atoms with E-state index in [2.05, 4.69) is 27.1 Å². The van der Waals surface area contributed by atoms with Gasteiger partial charge in [0.25, 0.3) is 0 Å². The lowest BCUT2D eigenvalue weighted by molar-refractivity contribution is 0.653. The van der Waals surface area contributed by atoms with Gasteiger partial charge in [0, 0.05) is 12.2 Å². The van der Waals surface area contributed by atoms with E-state index in [1.165, 1.54) is 0 Å². The van der Waals surface area contributed by atoms with Crippen LogP contribution in [0.15, 0.2) is 18.5 Å². The monoisotopic (exact) mass is 274 g/mol. The number of imidazole rings is 1. The Bertz CT molecular complexity index is 781. The highest BCUT2D eigenvalue weighted by atomic mass is 32.1. The van der Waals surface area contributed by atoms with E-state index in [4.69, 9.17) is 12.2 Å². The molecule has 0 saturated heterocycles. The van der Waals surface area contributed by atoms with Crippen molar-refractivity contribution < 1.29 is 0 Å². The Balaban J connectivity index is 2.12.